The van der Waals surface area contributed by atoms with E-state index in [9.17, 15) is 25.0 Å². The minimum absolute atomic E-state index is 0.0159. The summed E-state index contributed by atoms with van der Waals surface area (Å²) < 4.78 is 3.14. The second-order valence-electron chi connectivity index (χ2n) is 8.02. The fraction of sp³-hybridized carbons (Fsp3) is 0.174. The quantitative estimate of drug-likeness (QED) is 0.256. The number of rotatable bonds is 5. The number of aromatic nitrogens is 4. The van der Waals surface area contributed by atoms with Crippen molar-refractivity contribution in [2.45, 2.75) is 24.5 Å². The van der Waals surface area contributed by atoms with Crippen LogP contribution < -0.4 is 10.9 Å². The zero-order valence-electron chi connectivity index (χ0n) is 18.3. The number of aryl methyl sites for hydroxylation is 1. The fourth-order valence-corrected chi connectivity index (χ4v) is 5.12. The van der Waals surface area contributed by atoms with Crippen LogP contribution in [0.25, 0.3) is 16.7 Å². The van der Waals surface area contributed by atoms with Crippen molar-refractivity contribution in [2.75, 3.05) is 11.1 Å². The van der Waals surface area contributed by atoms with E-state index >= 15 is 0 Å². The van der Waals surface area contributed by atoms with Gasteiger partial charge in [-0.2, -0.15) is 10.4 Å². The SMILES string of the molecule is Cc1cccc(-n2ncc3c(=O)n4c(nc32)SCC4CC(=O)Nc2ccc([N+](=O)[O-])cc2C#N)c1. The lowest BCUT2D eigenvalue weighted by Gasteiger charge is -2.14. The minimum Gasteiger partial charge on any atom is -0.325 e. The van der Waals surface area contributed by atoms with Crippen molar-refractivity contribution in [2.24, 2.45) is 0 Å². The van der Waals surface area contributed by atoms with Crippen LogP contribution in [-0.2, 0) is 4.79 Å². The molecule has 0 radical (unpaired) electrons. The maximum absolute atomic E-state index is 13.3. The van der Waals surface area contributed by atoms with Gasteiger partial charge in [0.25, 0.3) is 11.2 Å². The zero-order valence-corrected chi connectivity index (χ0v) is 19.2. The molecular formula is C23H17N7O4S. The number of non-ortho nitro benzene ring substituents is 1. The second kappa shape index (κ2) is 8.69. The molecule has 1 amide bonds. The van der Waals surface area contributed by atoms with Gasteiger partial charge in [-0.15, -0.1) is 0 Å². The van der Waals surface area contributed by atoms with Gasteiger partial charge in [-0.3, -0.25) is 24.3 Å². The summed E-state index contributed by atoms with van der Waals surface area (Å²) in [6, 6.07) is 12.8. The van der Waals surface area contributed by atoms with E-state index in [-0.39, 0.29) is 28.9 Å². The number of nitriles is 1. The average molecular weight is 488 g/mol. The standard InChI is InChI=1S/C23H17N7O4S/c1-13-3-2-4-15(7-13)29-21-18(11-25-29)22(32)28-17(12-35-23(28)27-21)9-20(31)26-19-6-5-16(30(33)34)8-14(19)10-24/h2-8,11,17H,9,12H2,1H3,(H,26,31). The van der Waals surface area contributed by atoms with Gasteiger partial charge in [-0.1, -0.05) is 23.9 Å². The Balaban J connectivity index is 1.42. The Bertz CT molecular complexity index is 1620. The molecule has 5 rings (SSSR count). The van der Waals surface area contributed by atoms with Crippen molar-refractivity contribution in [3.63, 3.8) is 0 Å². The number of anilines is 1. The Hall–Kier alpha value is -4.50. The maximum Gasteiger partial charge on any atom is 0.270 e. The van der Waals surface area contributed by atoms with Crippen molar-refractivity contribution < 1.29 is 9.72 Å². The van der Waals surface area contributed by atoms with Crippen LogP contribution in [0.1, 0.15) is 23.6 Å². The van der Waals surface area contributed by atoms with Crippen LogP contribution in [0.15, 0.2) is 58.6 Å². The summed E-state index contributed by atoms with van der Waals surface area (Å²) in [7, 11) is 0. The highest BCUT2D eigenvalue weighted by molar-refractivity contribution is 7.99. The molecule has 3 heterocycles. The van der Waals surface area contributed by atoms with E-state index in [1.54, 1.807) is 4.68 Å². The van der Waals surface area contributed by atoms with E-state index in [1.165, 1.54) is 34.7 Å². The van der Waals surface area contributed by atoms with Gasteiger partial charge in [0.15, 0.2) is 10.8 Å². The van der Waals surface area contributed by atoms with Gasteiger partial charge in [0.2, 0.25) is 5.91 Å². The summed E-state index contributed by atoms with van der Waals surface area (Å²) >= 11 is 1.38. The highest BCUT2D eigenvalue weighted by Gasteiger charge is 2.30. The van der Waals surface area contributed by atoms with Gasteiger partial charge >= 0.3 is 0 Å². The molecule has 174 valence electrons. The van der Waals surface area contributed by atoms with Gasteiger partial charge in [0.1, 0.15) is 11.5 Å². The van der Waals surface area contributed by atoms with Crippen LogP contribution in [-0.4, -0.2) is 35.9 Å². The van der Waals surface area contributed by atoms with E-state index in [2.05, 4.69) is 15.4 Å². The van der Waals surface area contributed by atoms with Crippen LogP contribution in [0.4, 0.5) is 11.4 Å². The van der Waals surface area contributed by atoms with Gasteiger partial charge in [0, 0.05) is 24.3 Å². The molecule has 1 unspecified atom stereocenters. The Morgan fingerprint density at radius 3 is 2.91 bits per heavy atom. The van der Waals surface area contributed by atoms with Crippen molar-refractivity contribution in [1.29, 1.82) is 5.26 Å². The third-order valence-electron chi connectivity index (χ3n) is 5.65. The third kappa shape index (κ3) is 4.02. The Morgan fingerprint density at radius 2 is 2.17 bits per heavy atom. The predicted molar refractivity (Wildman–Crippen MR) is 129 cm³/mol. The lowest BCUT2D eigenvalue weighted by Crippen LogP contribution is -2.28. The van der Waals surface area contributed by atoms with Crippen molar-refractivity contribution in [3.8, 4) is 11.8 Å². The number of nitro groups is 1. The number of nitro benzene ring substituents is 1. The van der Waals surface area contributed by atoms with Gasteiger partial charge in [-0.05, 0) is 30.7 Å². The van der Waals surface area contributed by atoms with Gasteiger partial charge in [-0.25, -0.2) is 9.67 Å². The molecule has 1 aliphatic heterocycles. The molecule has 0 fully saturated rings. The predicted octanol–water partition coefficient (Wildman–Crippen LogP) is 3.35. The highest BCUT2D eigenvalue weighted by Crippen LogP contribution is 2.34. The van der Waals surface area contributed by atoms with E-state index in [4.69, 9.17) is 0 Å². The lowest BCUT2D eigenvalue weighted by molar-refractivity contribution is -0.384. The molecule has 0 spiro atoms. The molecular weight excluding hydrogens is 470 g/mol. The van der Waals surface area contributed by atoms with Crippen molar-refractivity contribution in [3.05, 3.63) is 80.3 Å². The fourth-order valence-electron chi connectivity index (χ4n) is 3.99. The molecule has 0 saturated heterocycles. The zero-order chi connectivity index (χ0) is 24.7. The summed E-state index contributed by atoms with van der Waals surface area (Å²) in [5.74, 6) is 0.0576. The first-order valence-corrected chi connectivity index (χ1v) is 11.5. The Morgan fingerprint density at radius 1 is 1.34 bits per heavy atom. The molecule has 0 saturated carbocycles. The molecule has 11 nitrogen and oxygen atoms in total. The van der Waals surface area contributed by atoms with Gasteiger partial charge < -0.3 is 5.32 Å². The number of hydrogen-bond donors (Lipinski definition) is 1. The molecule has 1 aliphatic rings. The number of nitrogens with zero attached hydrogens (tertiary/aromatic N) is 6. The summed E-state index contributed by atoms with van der Waals surface area (Å²) in [6.07, 6.45) is 1.46. The van der Waals surface area contributed by atoms with Gasteiger partial charge in [0.05, 0.1) is 34.1 Å². The Kier molecular flexibility index (Phi) is 5.54. The smallest absolute Gasteiger partial charge is 0.270 e. The summed E-state index contributed by atoms with van der Waals surface area (Å²) in [5.41, 5.74) is 1.94. The summed E-state index contributed by atoms with van der Waals surface area (Å²) in [5, 5.41) is 28.1. The van der Waals surface area contributed by atoms with E-state index in [0.717, 1.165) is 17.3 Å². The molecule has 35 heavy (non-hydrogen) atoms. The molecule has 1 N–H and O–H groups in total. The number of amides is 1. The average Bonchev–Trinajstić information content (AvgIpc) is 3.44. The number of hydrogen-bond acceptors (Lipinski definition) is 8. The molecule has 2 aromatic carbocycles. The van der Waals surface area contributed by atoms with Crippen LogP contribution >= 0.6 is 11.8 Å². The topological polar surface area (TPSA) is 149 Å². The molecule has 0 aliphatic carbocycles. The largest absolute Gasteiger partial charge is 0.325 e. The lowest BCUT2D eigenvalue weighted by atomic mass is 10.1. The van der Waals surface area contributed by atoms with Crippen LogP contribution in [0, 0.1) is 28.4 Å². The number of nitrogens with one attached hydrogen (secondary N) is 1. The Labute approximate surface area is 202 Å². The van der Waals surface area contributed by atoms with Crippen molar-refractivity contribution >= 4 is 40.1 Å². The molecule has 4 aromatic rings. The monoisotopic (exact) mass is 487 g/mol. The van der Waals surface area contributed by atoms with Crippen LogP contribution in [0.3, 0.4) is 0 Å². The minimum atomic E-state index is -0.611. The number of carbonyl (C=O) groups excluding carboxylic acids is 1. The van der Waals surface area contributed by atoms with Crippen molar-refractivity contribution in [1.82, 2.24) is 19.3 Å². The number of thioether (sulfide) groups is 1. The summed E-state index contributed by atoms with van der Waals surface area (Å²) in [6.45, 7) is 1.97. The normalized spacial score (nSPS) is 14.5. The molecule has 0 bridgehead atoms. The third-order valence-corrected chi connectivity index (χ3v) is 6.74. The molecule has 12 heteroatoms. The second-order valence-corrected chi connectivity index (χ2v) is 9.01. The number of carbonyl (C=O) groups is 1. The maximum atomic E-state index is 13.3. The highest BCUT2D eigenvalue weighted by atomic mass is 32.2. The first-order valence-electron chi connectivity index (χ1n) is 10.5. The number of fused-ring (bicyclic) bond motifs is 2. The van der Waals surface area contributed by atoms with E-state index in [1.807, 2.05) is 37.3 Å². The number of benzene rings is 2. The first-order chi connectivity index (χ1) is 16.9. The van der Waals surface area contributed by atoms with Crippen LogP contribution in [0.2, 0.25) is 0 Å². The molecule has 1 atom stereocenters. The van der Waals surface area contributed by atoms with E-state index in [0.29, 0.717) is 21.9 Å². The van der Waals surface area contributed by atoms with E-state index < -0.39 is 16.9 Å². The summed E-state index contributed by atoms with van der Waals surface area (Å²) in [4.78, 5) is 41.0. The van der Waals surface area contributed by atoms with Crippen LogP contribution in [0.5, 0.6) is 0 Å². The molecule has 2 aromatic heterocycles. The first kappa shape index (κ1) is 22.3.